The highest BCUT2D eigenvalue weighted by Crippen LogP contribution is 2.21. The molecular weight excluding hydrogens is 270 g/mol. The van der Waals surface area contributed by atoms with E-state index in [1.54, 1.807) is 5.32 Å². The molecule has 1 rings (SSSR count). The number of imidazole rings is 1. The monoisotopic (exact) mass is 275 g/mol. The molecule has 1 heterocycles. The van der Waals surface area contributed by atoms with Gasteiger partial charge < -0.3 is 10.3 Å². The first kappa shape index (κ1) is 13.1. The lowest BCUT2D eigenvalue weighted by Crippen LogP contribution is -2.43. The SMILES string of the molecule is CC(NC(=O)c1nc(Cl)c(Cl)[nH]1)C(F)(F)F. The predicted molar refractivity (Wildman–Crippen MR) is 51.6 cm³/mol. The van der Waals surface area contributed by atoms with Crippen molar-refractivity contribution >= 4 is 29.1 Å². The Labute approximate surface area is 98.1 Å². The molecule has 90 valence electrons. The van der Waals surface area contributed by atoms with Crippen molar-refractivity contribution in [3.05, 3.63) is 16.1 Å². The molecule has 0 saturated heterocycles. The molecule has 16 heavy (non-hydrogen) atoms. The summed E-state index contributed by atoms with van der Waals surface area (Å²) in [6, 6.07) is -1.98. The Kier molecular flexibility index (Phi) is 3.69. The quantitative estimate of drug-likeness (QED) is 0.871. The molecule has 0 fully saturated rings. The Morgan fingerprint density at radius 3 is 2.44 bits per heavy atom. The van der Waals surface area contributed by atoms with Gasteiger partial charge in [0, 0.05) is 0 Å². The van der Waals surface area contributed by atoms with Gasteiger partial charge in [-0.2, -0.15) is 13.2 Å². The molecular formula is C7H6Cl2F3N3O. The average Bonchev–Trinajstić information content (AvgIpc) is 2.45. The molecule has 0 aliphatic carbocycles. The molecule has 0 radical (unpaired) electrons. The molecule has 0 aromatic carbocycles. The van der Waals surface area contributed by atoms with E-state index in [1.807, 2.05) is 0 Å². The molecule has 0 aliphatic heterocycles. The normalized spacial score (nSPS) is 13.6. The van der Waals surface area contributed by atoms with Gasteiger partial charge in [0.1, 0.15) is 11.2 Å². The molecule has 0 spiro atoms. The van der Waals surface area contributed by atoms with Crippen molar-refractivity contribution in [2.45, 2.75) is 19.1 Å². The van der Waals surface area contributed by atoms with Gasteiger partial charge in [-0.25, -0.2) is 4.98 Å². The molecule has 0 bridgehead atoms. The maximum Gasteiger partial charge on any atom is 0.408 e. The highest BCUT2D eigenvalue weighted by Gasteiger charge is 2.37. The number of H-pyrrole nitrogens is 1. The fourth-order valence-electron chi connectivity index (χ4n) is 0.785. The third-order valence-corrected chi connectivity index (χ3v) is 2.32. The van der Waals surface area contributed by atoms with Gasteiger partial charge in [-0.05, 0) is 6.92 Å². The summed E-state index contributed by atoms with van der Waals surface area (Å²) in [4.78, 5) is 16.9. The highest BCUT2D eigenvalue weighted by molar-refractivity contribution is 6.40. The molecule has 2 N–H and O–H groups in total. The van der Waals surface area contributed by atoms with Gasteiger partial charge in [0.25, 0.3) is 5.91 Å². The van der Waals surface area contributed by atoms with Crippen molar-refractivity contribution in [3.63, 3.8) is 0 Å². The zero-order valence-corrected chi connectivity index (χ0v) is 9.33. The number of hydrogen-bond donors (Lipinski definition) is 2. The van der Waals surface area contributed by atoms with Crippen molar-refractivity contribution in [1.82, 2.24) is 15.3 Å². The second-order valence-corrected chi connectivity index (χ2v) is 3.66. The average molecular weight is 276 g/mol. The minimum atomic E-state index is -4.52. The first-order valence-electron chi connectivity index (χ1n) is 4.00. The van der Waals surface area contributed by atoms with Crippen LogP contribution >= 0.6 is 23.2 Å². The van der Waals surface area contributed by atoms with Gasteiger partial charge in [0.05, 0.1) is 0 Å². The Hall–Kier alpha value is -0.950. The van der Waals surface area contributed by atoms with Crippen LogP contribution in [0.3, 0.4) is 0 Å². The van der Waals surface area contributed by atoms with Crippen LogP contribution in [0.4, 0.5) is 13.2 Å². The number of nitrogens with zero attached hydrogens (tertiary/aromatic N) is 1. The van der Waals surface area contributed by atoms with Crippen molar-refractivity contribution in [2.24, 2.45) is 0 Å². The lowest BCUT2D eigenvalue weighted by atomic mass is 10.3. The van der Waals surface area contributed by atoms with E-state index in [9.17, 15) is 18.0 Å². The van der Waals surface area contributed by atoms with E-state index in [0.29, 0.717) is 0 Å². The van der Waals surface area contributed by atoms with Gasteiger partial charge in [0.2, 0.25) is 0 Å². The van der Waals surface area contributed by atoms with Gasteiger partial charge >= 0.3 is 6.18 Å². The number of hydrogen-bond acceptors (Lipinski definition) is 2. The van der Waals surface area contributed by atoms with E-state index < -0.39 is 18.1 Å². The lowest BCUT2D eigenvalue weighted by molar-refractivity contribution is -0.149. The molecule has 9 heteroatoms. The van der Waals surface area contributed by atoms with Crippen molar-refractivity contribution < 1.29 is 18.0 Å². The van der Waals surface area contributed by atoms with Crippen LogP contribution in [0, 0.1) is 0 Å². The third-order valence-electron chi connectivity index (χ3n) is 1.67. The van der Waals surface area contributed by atoms with Crippen LogP contribution in [0.25, 0.3) is 0 Å². The zero-order valence-electron chi connectivity index (χ0n) is 7.82. The summed E-state index contributed by atoms with van der Waals surface area (Å²) in [5.74, 6) is -1.40. The van der Waals surface area contributed by atoms with E-state index in [1.165, 1.54) is 0 Å². The minimum absolute atomic E-state index is 0.105. The largest absolute Gasteiger partial charge is 0.408 e. The van der Waals surface area contributed by atoms with Crippen LogP contribution in [0.5, 0.6) is 0 Å². The van der Waals surface area contributed by atoms with E-state index in [2.05, 4.69) is 9.97 Å². The Morgan fingerprint density at radius 2 is 2.06 bits per heavy atom. The molecule has 1 atom stereocenters. The van der Waals surface area contributed by atoms with Gasteiger partial charge in [-0.3, -0.25) is 4.79 Å². The van der Waals surface area contributed by atoms with E-state index in [4.69, 9.17) is 23.2 Å². The van der Waals surface area contributed by atoms with E-state index in [-0.39, 0.29) is 16.1 Å². The number of carbonyl (C=O) groups is 1. The van der Waals surface area contributed by atoms with Gasteiger partial charge in [-0.1, -0.05) is 23.2 Å². The number of nitrogens with one attached hydrogen (secondary N) is 2. The summed E-state index contributed by atoms with van der Waals surface area (Å²) in [7, 11) is 0. The zero-order chi connectivity index (χ0) is 12.5. The number of rotatable bonds is 2. The maximum atomic E-state index is 12.1. The van der Waals surface area contributed by atoms with Crippen molar-refractivity contribution in [3.8, 4) is 0 Å². The number of aromatic amines is 1. The van der Waals surface area contributed by atoms with Gasteiger partial charge in [-0.15, -0.1) is 0 Å². The van der Waals surface area contributed by atoms with Crippen LogP contribution < -0.4 is 5.32 Å². The standard InChI is InChI=1S/C7H6Cl2F3N3O/c1-2(7(10,11)12)13-6(16)5-14-3(8)4(9)15-5/h2H,1H3,(H,13,16)(H,14,15). The van der Waals surface area contributed by atoms with Crippen LogP contribution in [0.15, 0.2) is 0 Å². The lowest BCUT2D eigenvalue weighted by Gasteiger charge is -2.16. The second-order valence-electron chi connectivity index (χ2n) is 2.93. The molecule has 1 aromatic heterocycles. The summed E-state index contributed by atoms with van der Waals surface area (Å²) < 4.78 is 36.3. The van der Waals surface area contributed by atoms with Crippen LogP contribution in [0.1, 0.15) is 17.5 Å². The number of aromatic nitrogens is 2. The minimum Gasteiger partial charge on any atom is -0.338 e. The number of carbonyl (C=O) groups excluding carboxylic acids is 1. The first-order valence-corrected chi connectivity index (χ1v) is 4.76. The fourth-order valence-corrected chi connectivity index (χ4v) is 1.05. The molecule has 1 amide bonds. The first-order chi connectivity index (χ1) is 7.21. The highest BCUT2D eigenvalue weighted by atomic mass is 35.5. The van der Waals surface area contributed by atoms with Crippen LogP contribution in [0.2, 0.25) is 10.3 Å². The smallest absolute Gasteiger partial charge is 0.338 e. The Morgan fingerprint density at radius 1 is 1.50 bits per heavy atom. The predicted octanol–water partition coefficient (Wildman–Crippen LogP) is 2.40. The molecule has 0 aliphatic rings. The summed E-state index contributed by atoms with van der Waals surface area (Å²) in [6.45, 7) is 0.810. The van der Waals surface area contributed by atoms with Gasteiger partial charge in [0.15, 0.2) is 11.0 Å². The third kappa shape index (κ3) is 3.02. The number of alkyl halides is 3. The summed E-state index contributed by atoms with van der Waals surface area (Å²) in [6.07, 6.45) is -4.52. The number of amides is 1. The summed E-state index contributed by atoms with van der Waals surface area (Å²) in [5.41, 5.74) is 0. The molecule has 4 nitrogen and oxygen atoms in total. The number of halogens is 5. The Bertz CT molecular complexity index is 385. The Balaban J connectivity index is 2.73. The topological polar surface area (TPSA) is 57.8 Å². The molecule has 1 aromatic rings. The fraction of sp³-hybridized carbons (Fsp3) is 0.429. The van der Waals surface area contributed by atoms with Crippen molar-refractivity contribution in [1.29, 1.82) is 0 Å². The molecule has 0 saturated carbocycles. The van der Waals surface area contributed by atoms with E-state index >= 15 is 0 Å². The van der Waals surface area contributed by atoms with E-state index in [0.717, 1.165) is 6.92 Å². The maximum absolute atomic E-state index is 12.1. The second kappa shape index (κ2) is 4.50. The molecule has 1 unspecified atom stereocenters. The summed E-state index contributed by atoms with van der Waals surface area (Å²) >= 11 is 10.9. The summed E-state index contributed by atoms with van der Waals surface area (Å²) in [5, 5.41) is 1.42. The van der Waals surface area contributed by atoms with Crippen molar-refractivity contribution in [2.75, 3.05) is 0 Å². The van der Waals surface area contributed by atoms with Crippen LogP contribution in [-0.4, -0.2) is 28.1 Å². The van der Waals surface area contributed by atoms with Crippen LogP contribution in [-0.2, 0) is 0 Å².